The molecular weight excluding hydrogens is 260 g/mol. The molecule has 0 heterocycles. The van der Waals surface area contributed by atoms with Crippen LogP contribution in [0.3, 0.4) is 0 Å². The van der Waals surface area contributed by atoms with Gasteiger partial charge in [0.25, 0.3) is 0 Å². The van der Waals surface area contributed by atoms with Crippen molar-refractivity contribution in [3.8, 4) is 0 Å². The van der Waals surface area contributed by atoms with Gasteiger partial charge in [-0.3, -0.25) is 4.79 Å². The Morgan fingerprint density at radius 2 is 2.05 bits per heavy atom. The van der Waals surface area contributed by atoms with Gasteiger partial charge in [-0.2, -0.15) is 0 Å². The molecule has 0 amide bonds. The molecule has 0 aromatic heterocycles. The lowest BCUT2D eigenvalue weighted by Crippen LogP contribution is -2.63. The van der Waals surface area contributed by atoms with Gasteiger partial charge >= 0.3 is 0 Å². The maximum atomic E-state index is 12.8. The van der Waals surface area contributed by atoms with Gasteiger partial charge in [-0.1, -0.05) is 32.1 Å². The van der Waals surface area contributed by atoms with Crippen LogP contribution >= 0.6 is 0 Å². The number of fused-ring (bicyclic) bond motifs is 3. The fraction of sp³-hybridized carbons (Fsp3) is 0.737. The van der Waals surface area contributed by atoms with Crippen molar-refractivity contribution in [1.82, 2.24) is 0 Å². The third-order valence-electron chi connectivity index (χ3n) is 6.92. The summed E-state index contributed by atoms with van der Waals surface area (Å²) in [6.45, 7) is 12.6. The third kappa shape index (κ3) is 1.98. The minimum absolute atomic E-state index is 0.0422. The van der Waals surface area contributed by atoms with Crippen LogP contribution in [0.2, 0.25) is 0 Å². The van der Waals surface area contributed by atoms with E-state index >= 15 is 0 Å². The summed E-state index contributed by atoms with van der Waals surface area (Å²) in [5.41, 5.74) is 0.0107. The lowest BCUT2D eigenvalue weighted by molar-refractivity contribution is -0.185. The predicted molar refractivity (Wildman–Crippen MR) is 84.8 cm³/mol. The Hall–Kier alpha value is -0.890. The number of carbonyl (C=O) groups is 1. The maximum Gasteiger partial charge on any atom is 0.165 e. The second kappa shape index (κ2) is 4.55. The molecule has 3 rings (SSSR count). The summed E-state index contributed by atoms with van der Waals surface area (Å²) in [5.74, 6) is 0.407. The number of hydrogen-bond acceptors (Lipinski definition) is 2. The van der Waals surface area contributed by atoms with Gasteiger partial charge in [0, 0.05) is 12.3 Å². The first-order chi connectivity index (χ1) is 9.75. The Morgan fingerprint density at radius 3 is 2.71 bits per heavy atom. The van der Waals surface area contributed by atoms with Gasteiger partial charge in [-0.25, -0.2) is 0 Å². The third-order valence-corrected chi connectivity index (χ3v) is 6.92. The predicted octanol–water partition coefficient (Wildman–Crippen LogP) is 4.05. The zero-order valence-corrected chi connectivity index (χ0v) is 13.5. The Kier molecular flexibility index (Phi) is 3.26. The first-order valence-corrected chi connectivity index (χ1v) is 8.32. The second-order valence-electron chi connectivity index (χ2n) is 8.25. The molecule has 21 heavy (non-hydrogen) atoms. The molecule has 3 saturated carbocycles. The quantitative estimate of drug-likeness (QED) is 0.739. The number of rotatable bonds is 1. The van der Waals surface area contributed by atoms with Crippen molar-refractivity contribution in [3.63, 3.8) is 0 Å². The minimum atomic E-state index is -1.15. The van der Waals surface area contributed by atoms with E-state index in [9.17, 15) is 9.90 Å². The molecule has 116 valence electrons. The number of aliphatic hydroxyl groups is 1. The minimum Gasteiger partial charge on any atom is -0.382 e. The zero-order valence-electron chi connectivity index (χ0n) is 13.5. The Morgan fingerprint density at radius 1 is 1.33 bits per heavy atom. The van der Waals surface area contributed by atoms with Crippen LogP contribution in [-0.4, -0.2) is 16.5 Å². The maximum absolute atomic E-state index is 12.8. The molecule has 0 aromatic rings. The second-order valence-corrected chi connectivity index (χ2v) is 8.25. The topological polar surface area (TPSA) is 37.3 Å². The molecule has 0 aliphatic heterocycles. The molecule has 5 atom stereocenters. The van der Waals surface area contributed by atoms with Gasteiger partial charge in [0.15, 0.2) is 5.78 Å². The summed E-state index contributed by atoms with van der Waals surface area (Å²) >= 11 is 0. The summed E-state index contributed by atoms with van der Waals surface area (Å²) in [7, 11) is 0. The molecular formula is C19H28O2. The molecule has 3 fully saturated rings. The Bertz CT molecular complexity index is 508. The van der Waals surface area contributed by atoms with Gasteiger partial charge in [0.1, 0.15) is 5.60 Å². The van der Waals surface area contributed by atoms with Crippen LogP contribution in [-0.2, 0) is 4.79 Å². The van der Waals surface area contributed by atoms with Crippen molar-refractivity contribution < 1.29 is 9.90 Å². The zero-order chi connectivity index (χ0) is 15.5. The van der Waals surface area contributed by atoms with Crippen LogP contribution < -0.4 is 0 Å². The van der Waals surface area contributed by atoms with E-state index in [0.717, 1.165) is 32.1 Å². The van der Waals surface area contributed by atoms with E-state index in [2.05, 4.69) is 27.0 Å². The molecule has 2 heteroatoms. The summed E-state index contributed by atoms with van der Waals surface area (Å²) < 4.78 is 0. The van der Waals surface area contributed by atoms with Gasteiger partial charge < -0.3 is 5.11 Å². The fourth-order valence-electron chi connectivity index (χ4n) is 5.55. The number of Topliss-reactive ketones (excluding diaryl/α,β-unsaturated/α-hetero) is 1. The van der Waals surface area contributed by atoms with Crippen LogP contribution in [0, 0.1) is 22.7 Å². The van der Waals surface area contributed by atoms with Crippen molar-refractivity contribution in [2.24, 2.45) is 22.7 Å². The van der Waals surface area contributed by atoms with Crippen LogP contribution in [0.1, 0.15) is 58.8 Å². The van der Waals surface area contributed by atoms with E-state index in [-0.39, 0.29) is 28.4 Å². The van der Waals surface area contributed by atoms with Crippen molar-refractivity contribution in [2.45, 2.75) is 64.4 Å². The van der Waals surface area contributed by atoms with Crippen LogP contribution in [0.5, 0.6) is 0 Å². The standard InChI is InChI=1S/C19H28O2/c1-5-17(3)10-8-15-18(4)9-6-7-13(2)14(18)11-16(20)19(15,21)12-17/h5,14-15,21H,1-2,6-12H2,3-4H3/t14-,15+,17-,18-,19+/m0/s1. The van der Waals surface area contributed by atoms with Crippen LogP contribution in [0.4, 0.5) is 0 Å². The monoisotopic (exact) mass is 288 g/mol. The lowest BCUT2D eigenvalue weighted by Gasteiger charge is -2.60. The van der Waals surface area contributed by atoms with Crippen LogP contribution in [0.15, 0.2) is 24.8 Å². The molecule has 3 aliphatic rings. The molecule has 0 aromatic carbocycles. The van der Waals surface area contributed by atoms with Crippen LogP contribution in [0.25, 0.3) is 0 Å². The van der Waals surface area contributed by atoms with Gasteiger partial charge in [0.2, 0.25) is 0 Å². The van der Waals surface area contributed by atoms with E-state index < -0.39 is 5.60 Å². The van der Waals surface area contributed by atoms with Gasteiger partial charge in [-0.05, 0) is 55.3 Å². The number of hydrogen-bond donors (Lipinski definition) is 1. The highest BCUT2D eigenvalue weighted by atomic mass is 16.3. The molecule has 3 aliphatic carbocycles. The molecule has 1 N–H and O–H groups in total. The largest absolute Gasteiger partial charge is 0.382 e. The summed E-state index contributed by atoms with van der Waals surface area (Å²) in [6, 6.07) is 0. The molecule has 2 nitrogen and oxygen atoms in total. The highest BCUT2D eigenvalue weighted by molar-refractivity contribution is 5.89. The van der Waals surface area contributed by atoms with E-state index in [1.165, 1.54) is 5.57 Å². The smallest absolute Gasteiger partial charge is 0.165 e. The average Bonchev–Trinajstić information content (AvgIpc) is 2.41. The molecule has 0 bridgehead atoms. The van der Waals surface area contributed by atoms with E-state index in [1.54, 1.807) is 0 Å². The normalized spacial score (nSPS) is 50.2. The molecule has 0 unspecified atom stereocenters. The summed E-state index contributed by atoms with van der Waals surface area (Å²) in [6.07, 6.45) is 8.20. The Labute approximate surface area is 128 Å². The molecule has 0 saturated heterocycles. The fourth-order valence-corrected chi connectivity index (χ4v) is 5.55. The molecule has 0 radical (unpaired) electrons. The highest BCUT2D eigenvalue weighted by Gasteiger charge is 2.63. The highest BCUT2D eigenvalue weighted by Crippen LogP contribution is 2.62. The van der Waals surface area contributed by atoms with Crippen molar-refractivity contribution in [2.75, 3.05) is 0 Å². The number of ketones is 1. The van der Waals surface area contributed by atoms with Crippen molar-refractivity contribution in [1.29, 1.82) is 0 Å². The molecule has 0 spiro atoms. The summed E-state index contributed by atoms with van der Waals surface area (Å²) in [5, 5.41) is 11.3. The Balaban J connectivity index is 2.02. The first kappa shape index (κ1) is 15.0. The van der Waals surface area contributed by atoms with Crippen molar-refractivity contribution >= 4 is 5.78 Å². The van der Waals surface area contributed by atoms with Gasteiger partial charge in [-0.15, -0.1) is 6.58 Å². The van der Waals surface area contributed by atoms with E-state index in [0.29, 0.717) is 12.8 Å². The van der Waals surface area contributed by atoms with E-state index in [1.807, 2.05) is 6.08 Å². The number of allylic oxidation sites excluding steroid dienone is 2. The van der Waals surface area contributed by atoms with Crippen molar-refractivity contribution in [3.05, 3.63) is 24.8 Å². The average molecular weight is 288 g/mol. The van der Waals surface area contributed by atoms with Gasteiger partial charge in [0.05, 0.1) is 0 Å². The van der Waals surface area contributed by atoms with E-state index in [4.69, 9.17) is 0 Å². The SMILES string of the molecule is C=C[C@@]1(C)CC[C@@H]2[C@@]3(C)CCCC(=C)[C@@H]3CC(=O)[C@@]2(O)C1. The first-order valence-electron chi connectivity index (χ1n) is 8.32. The number of carbonyl (C=O) groups excluding carboxylic acids is 1. The lowest BCUT2D eigenvalue weighted by atomic mass is 9.45. The summed E-state index contributed by atoms with van der Waals surface area (Å²) in [4.78, 5) is 12.8.